The van der Waals surface area contributed by atoms with Crippen molar-refractivity contribution in [2.24, 2.45) is 0 Å². The summed E-state index contributed by atoms with van der Waals surface area (Å²) in [5, 5.41) is 2.32. The van der Waals surface area contributed by atoms with Crippen molar-refractivity contribution in [1.29, 1.82) is 0 Å². The van der Waals surface area contributed by atoms with Crippen LogP contribution in [0.25, 0.3) is 0 Å². The molecule has 0 atom stereocenters. The van der Waals surface area contributed by atoms with Gasteiger partial charge in [0.25, 0.3) is 0 Å². The first-order valence-electron chi connectivity index (χ1n) is 4.02. The molecule has 1 aliphatic rings. The number of halogens is 1. The Labute approximate surface area is 85.0 Å². The van der Waals surface area contributed by atoms with Crippen LogP contribution in [0.1, 0.15) is 0 Å². The molecule has 15 heavy (non-hydrogen) atoms. The lowest BCUT2D eigenvalue weighted by atomic mass is 10.2. The van der Waals surface area contributed by atoms with Gasteiger partial charge in [0, 0.05) is 0 Å². The van der Waals surface area contributed by atoms with Crippen LogP contribution >= 0.6 is 0 Å². The zero-order valence-electron chi connectivity index (χ0n) is 7.45. The first kappa shape index (κ1) is 9.91. The van der Waals surface area contributed by atoms with Crippen LogP contribution in [0.15, 0.2) is 17.0 Å². The molecule has 0 aliphatic carbocycles. The summed E-state index contributed by atoms with van der Waals surface area (Å²) in [5.41, 5.74) is 5.09. The van der Waals surface area contributed by atoms with E-state index < -0.39 is 27.3 Å². The number of nitrogens with two attached hydrogens (primary N) is 1. The molecule has 0 bridgehead atoms. The first-order valence-corrected chi connectivity index (χ1v) is 5.67. The molecule has 0 radical (unpaired) electrons. The summed E-state index contributed by atoms with van der Waals surface area (Å²) in [7, 11) is -3.74. The van der Waals surface area contributed by atoms with Gasteiger partial charge in [0.15, 0.2) is 9.84 Å². The Hall–Kier alpha value is -1.63. The predicted molar refractivity (Wildman–Crippen MR) is 51.5 cm³/mol. The molecular weight excluding hydrogens is 223 g/mol. The SMILES string of the molecule is Nc1cc2c(cc1F)S(=O)(=O)CC(=O)N2. The molecule has 0 saturated heterocycles. The molecule has 0 spiro atoms. The van der Waals surface area contributed by atoms with Crippen molar-refractivity contribution in [3.63, 3.8) is 0 Å². The lowest BCUT2D eigenvalue weighted by molar-refractivity contribution is -0.114. The van der Waals surface area contributed by atoms with Gasteiger partial charge in [-0.15, -0.1) is 0 Å². The van der Waals surface area contributed by atoms with Gasteiger partial charge in [0.2, 0.25) is 5.91 Å². The third kappa shape index (κ3) is 1.54. The zero-order valence-corrected chi connectivity index (χ0v) is 8.27. The van der Waals surface area contributed by atoms with E-state index in [4.69, 9.17) is 5.73 Å². The van der Waals surface area contributed by atoms with Gasteiger partial charge in [0.1, 0.15) is 11.6 Å². The topological polar surface area (TPSA) is 89.3 Å². The summed E-state index contributed by atoms with van der Waals surface area (Å²) in [4.78, 5) is 10.8. The van der Waals surface area contributed by atoms with E-state index in [1.807, 2.05) is 0 Å². The molecule has 0 saturated carbocycles. The first-order chi connectivity index (χ1) is 6.90. The summed E-state index contributed by atoms with van der Waals surface area (Å²) >= 11 is 0. The molecule has 1 aromatic rings. The Balaban J connectivity index is 2.74. The van der Waals surface area contributed by atoms with Gasteiger partial charge in [-0.3, -0.25) is 4.79 Å². The highest BCUT2D eigenvalue weighted by Gasteiger charge is 2.29. The second-order valence-electron chi connectivity index (χ2n) is 3.18. The van der Waals surface area contributed by atoms with Crippen LogP contribution in [0.2, 0.25) is 0 Å². The summed E-state index contributed by atoms with van der Waals surface area (Å²) in [5.74, 6) is -2.12. The number of hydrogen-bond acceptors (Lipinski definition) is 4. The van der Waals surface area contributed by atoms with Crippen LogP contribution in [0.4, 0.5) is 15.8 Å². The molecular formula is C8H7FN2O3S. The fraction of sp³-hybridized carbons (Fsp3) is 0.125. The average molecular weight is 230 g/mol. The smallest absolute Gasteiger partial charge is 0.239 e. The fourth-order valence-electron chi connectivity index (χ4n) is 1.36. The van der Waals surface area contributed by atoms with Gasteiger partial charge in [0.05, 0.1) is 16.3 Å². The molecule has 5 nitrogen and oxygen atoms in total. The van der Waals surface area contributed by atoms with Crippen LogP contribution in [0.3, 0.4) is 0 Å². The van der Waals surface area contributed by atoms with E-state index in [1.165, 1.54) is 0 Å². The van der Waals surface area contributed by atoms with Crippen LogP contribution in [0, 0.1) is 5.82 Å². The van der Waals surface area contributed by atoms with E-state index in [-0.39, 0.29) is 16.3 Å². The Morgan fingerprint density at radius 2 is 2.07 bits per heavy atom. The number of rotatable bonds is 0. The van der Waals surface area contributed by atoms with Crippen LogP contribution < -0.4 is 11.1 Å². The van der Waals surface area contributed by atoms with Crippen molar-refractivity contribution in [1.82, 2.24) is 0 Å². The molecule has 1 heterocycles. The van der Waals surface area contributed by atoms with E-state index in [0.717, 1.165) is 12.1 Å². The number of benzene rings is 1. The lowest BCUT2D eigenvalue weighted by Crippen LogP contribution is -2.29. The van der Waals surface area contributed by atoms with E-state index in [9.17, 15) is 17.6 Å². The minimum absolute atomic E-state index is 0.0325. The molecule has 3 N–H and O–H groups in total. The number of amides is 1. The predicted octanol–water partition coefficient (Wildman–Crippen LogP) is 0.134. The van der Waals surface area contributed by atoms with Gasteiger partial charge in [-0.1, -0.05) is 0 Å². The van der Waals surface area contributed by atoms with Crippen molar-refractivity contribution >= 4 is 27.1 Å². The highest BCUT2D eigenvalue weighted by molar-refractivity contribution is 7.92. The molecule has 1 aromatic carbocycles. The Bertz CT molecular complexity index is 553. The number of nitrogens with one attached hydrogen (secondary N) is 1. The molecule has 0 aromatic heterocycles. The van der Waals surface area contributed by atoms with Gasteiger partial charge in [-0.25, -0.2) is 12.8 Å². The lowest BCUT2D eigenvalue weighted by Gasteiger charge is -2.17. The monoisotopic (exact) mass is 230 g/mol. The van der Waals surface area contributed by atoms with Crippen LogP contribution in [-0.4, -0.2) is 20.1 Å². The van der Waals surface area contributed by atoms with Gasteiger partial charge >= 0.3 is 0 Å². The van der Waals surface area contributed by atoms with E-state index in [0.29, 0.717) is 0 Å². The summed E-state index contributed by atoms with van der Waals surface area (Å²) in [6.45, 7) is 0. The van der Waals surface area contributed by atoms with Crippen molar-refractivity contribution in [2.45, 2.75) is 4.90 Å². The average Bonchev–Trinajstić information content (AvgIpc) is 2.07. The molecule has 1 aliphatic heterocycles. The minimum atomic E-state index is -3.74. The molecule has 80 valence electrons. The third-order valence-corrected chi connectivity index (χ3v) is 3.68. The highest BCUT2D eigenvalue weighted by atomic mass is 32.2. The number of fused-ring (bicyclic) bond motifs is 1. The zero-order chi connectivity index (χ0) is 11.2. The molecule has 7 heteroatoms. The van der Waals surface area contributed by atoms with Crippen LogP contribution in [0.5, 0.6) is 0 Å². The van der Waals surface area contributed by atoms with E-state index >= 15 is 0 Å². The van der Waals surface area contributed by atoms with Crippen molar-refractivity contribution in [3.05, 3.63) is 17.9 Å². The maximum absolute atomic E-state index is 13.0. The van der Waals surface area contributed by atoms with Gasteiger partial charge in [-0.2, -0.15) is 0 Å². The van der Waals surface area contributed by atoms with Crippen molar-refractivity contribution in [3.8, 4) is 0 Å². The second-order valence-corrected chi connectivity index (χ2v) is 5.14. The maximum atomic E-state index is 13.0. The maximum Gasteiger partial charge on any atom is 0.239 e. The summed E-state index contributed by atoms with van der Waals surface area (Å²) < 4.78 is 36.0. The number of carbonyl (C=O) groups excluding carboxylic acids is 1. The standard InChI is InChI=1S/C8H7FN2O3S/c9-4-1-7-6(2-5(4)10)11-8(12)3-15(7,13)14/h1-2H,3,10H2,(H,11,12). The van der Waals surface area contributed by atoms with Crippen molar-refractivity contribution in [2.75, 3.05) is 16.8 Å². The Kier molecular flexibility index (Phi) is 1.93. The number of hydrogen-bond donors (Lipinski definition) is 2. The molecule has 2 rings (SSSR count). The molecule has 1 amide bonds. The Morgan fingerprint density at radius 3 is 2.73 bits per heavy atom. The van der Waals surface area contributed by atoms with E-state index in [2.05, 4.69) is 5.32 Å². The second kappa shape index (κ2) is 2.93. The van der Waals surface area contributed by atoms with E-state index in [1.54, 1.807) is 0 Å². The van der Waals surface area contributed by atoms with Gasteiger partial charge in [-0.05, 0) is 12.1 Å². The molecule has 0 fully saturated rings. The molecule has 0 unspecified atom stereocenters. The highest BCUT2D eigenvalue weighted by Crippen LogP contribution is 2.30. The van der Waals surface area contributed by atoms with Gasteiger partial charge < -0.3 is 11.1 Å². The quantitative estimate of drug-likeness (QED) is 0.620. The number of carbonyl (C=O) groups is 1. The minimum Gasteiger partial charge on any atom is -0.396 e. The number of nitrogen functional groups attached to an aromatic ring is 1. The van der Waals surface area contributed by atoms with Crippen LogP contribution in [-0.2, 0) is 14.6 Å². The summed E-state index contributed by atoms with van der Waals surface area (Å²) in [6, 6.07) is 1.92. The fourth-order valence-corrected chi connectivity index (χ4v) is 2.66. The normalized spacial score (nSPS) is 18.1. The third-order valence-electron chi connectivity index (χ3n) is 2.03. The number of sulfone groups is 1. The largest absolute Gasteiger partial charge is 0.396 e. The Morgan fingerprint density at radius 1 is 1.40 bits per heavy atom. The number of anilines is 2. The summed E-state index contributed by atoms with van der Waals surface area (Å²) in [6.07, 6.45) is 0. The van der Waals surface area contributed by atoms with Crippen molar-refractivity contribution < 1.29 is 17.6 Å².